The molecule has 0 saturated heterocycles. The van der Waals surface area contributed by atoms with E-state index in [0.717, 1.165) is 29.8 Å². The van der Waals surface area contributed by atoms with Crippen molar-refractivity contribution >= 4 is 21.4 Å². The summed E-state index contributed by atoms with van der Waals surface area (Å²) < 4.78 is 24.9. The van der Waals surface area contributed by atoms with Gasteiger partial charge in [0.15, 0.2) is 9.84 Å². The van der Waals surface area contributed by atoms with Crippen LogP contribution in [0.1, 0.15) is 37.2 Å². The molecule has 7 heteroatoms. The Labute approximate surface area is 155 Å². The van der Waals surface area contributed by atoms with Crippen molar-refractivity contribution in [3.8, 4) is 0 Å². The molecule has 0 bridgehead atoms. The Hall–Kier alpha value is -2.15. The third kappa shape index (κ3) is 5.17. The fourth-order valence-corrected chi connectivity index (χ4v) is 3.50. The van der Waals surface area contributed by atoms with Gasteiger partial charge in [-0.15, -0.1) is 0 Å². The smallest absolute Gasteiger partial charge is 0.224 e. The van der Waals surface area contributed by atoms with Crippen LogP contribution in [-0.4, -0.2) is 30.4 Å². The molecule has 1 aromatic heterocycles. The number of hydrogen-bond acceptors (Lipinski definition) is 4. The molecule has 2 rings (SSSR count). The van der Waals surface area contributed by atoms with Crippen molar-refractivity contribution in [2.75, 3.05) is 11.6 Å². The number of carbonyl (C=O) groups is 1. The lowest BCUT2D eigenvalue weighted by molar-refractivity contribution is -0.116. The molecule has 6 nitrogen and oxygen atoms in total. The number of sulfone groups is 1. The molecule has 1 aromatic carbocycles. The van der Waals surface area contributed by atoms with Crippen LogP contribution in [0.3, 0.4) is 0 Å². The molecular weight excluding hydrogens is 350 g/mol. The summed E-state index contributed by atoms with van der Waals surface area (Å²) in [7, 11) is -3.23. The second-order valence-corrected chi connectivity index (χ2v) is 9.09. The van der Waals surface area contributed by atoms with E-state index >= 15 is 0 Å². The van der Waals surface area contributed by atoms with Crippen molar-refractivity contribution in [2.45, 2.75) is 52.0 Å². The average Bonchev–Trinajstić information content (AvgIpc) is 2.78. The first-order valence-electron chi connectivity index (χ1n) is 8.70. The lowest BCUT2D eigenvalue weighted by Crippen LogP contribution is -2.13. The third-order valence-corrected chi connectivity index (χ3v) is 5.37. The number of anilines is 1. The number of amides is 1. The van der Waals surface area contributed by atoms with Gasteiger partial charge < -0.3 is 5.32 Å². The van der Waals surface area contributed by atoms with E-state index in [1.165, 1.54) is 12.1 Å². The van der Waals surface area contributed by atoms with Crippen LogP contribution in [0.4, 0.5) is 5.69 Å². The van der Waals surface area contributed by atoms with Crippen LogP contribution in [0.5, 0.6) is 0 Å². The van der Waals surface area contributed by atoms with Gasteiger partial charge in [-0.3, -0.25) is 9.48 Å². The SMILES string of the molecule is Cc1nn(CC(C)C)c(C)c1CCC(=O)Nc1ccc(S(C)(=O)=O)cc1. The summed E-state index contributed by atoms with van der Waals surface area (Å²) in [5, 5.41) is 7.38. The fourth-order valence-electron chi connectivity index (χ4n) is 2.87. The van der Waals surface area contributed by atoms with E-state index in [9.17, 15) is 13.2 Å². The molecule has 0 aliphatic rings. The lowest BCUT2D eigenvalue weighted by Gasteiger charge is -2.08. The maximum Gasteiger partial charge on any atom is 0.224 e. The molecule has 1 amide bonds. The Bertz CT molecular complexity index is 881. The number of aryl methyl sites for hydroxylation is 1. The topological polar surface area (TPSA) is 81.1 Å². The van der Waals surface area contributed by atoms with E-state index < -0.39 is 9.84 Å². The molecule has 0 fully saturated rings. The minimum Gasteiger partial charge on any atom is -0.326 e. The standard InChI is InChI=1S/C19H27N3O3S/c1-13(2)12-22-15(4)18(14(3)21-22)10-11-19(23)20-16-6-8-17(9-7-16)26(5,24)25/h6-9,13H,10-12H2,1-5H3,(H,20,23). The highest BCUT2D eigenvalue weighted by molar-refractivity contribution is 7.90. The van der Waals surface area contributed by atoms with Gasteiger partial charge in [0.1, 0.15) is 0 Å². The predicted octanol–water partition coefficient (Wildman–Crippen LogP) is 3.13. The van der Waals surface area contributed by atoms with E-state index in [-0.39, 0.29) is 10.8 Å². The lowest BCUT2D eigenvalue weighted by atomic mass is 10.1. The normalized spacial score (nSPS) is 11.8. The van der Waals surface area contributed by atoms with Crippen LogP contribution in [-0.2, 0) is 27.6 Å². The molecule has 26 heavy (non-hydrogen) atoms. The van der Waals surface area contributed by atoms with Gasteiger partial charge in [0.05, 0.1) is 10.6 Å². The van der Waals surface area contributed by atoms with E-state index in [2.05, 4.69) is 24.3 Å². The fraction of sp³-hybridized carbons (Fsp3) is 0.474. The highest BCUT2D eigenvalue weighted by Gasteiger charge is 2.14. The molecule has 0 aliphatic heterocycles. The number of nitrogens with zero attached hydrogens (tertiary/aromatic N) is 2. The van der Waals surface area contributed by atoms with Crippen LogP contribution in [0.2, 0.25) is 0 Å². The van der Waals surface area contributed by atoms with Crippen molar-refractivity contribution in [1.29, 1.82) is 0 Å². The molecule has 0 saturated carbocycles. The Balaban J connectivity index is 1.98. The van der Waals surface area contributed by atoms with E-state index in [0.29, 0.717) is 24.4 Å². The number of nitrogens with one attached hydrogen (secondary N) is 1. The van der Waals surface area contributed by atoms with Gasteiger partial charge in [0, 0.05) is 30.6 Å². The van der Waals surface area contributed by atoms with Gasteiger partial charge in [0.25, 0.3) is 0 Å². The summed E-state index contributed by atoms with van der Waals surface area (Å²) >= 11 is 0. The van der Waals surface area contributed by atoms with E-state index in [4.69, 9.17) is 0 Å². The van der Waals surface area contributed by atoms with Gasteiger partial charge in [-0.25, -0.2) is 8.42 Å². The zero-order chi connectivity index (χ0) is 19.5. The average molecular weight is 378 g/mol. The maximum atomic E-state index is 12.2. The monoisotopic (exact) mass is 377 g/mol. The number of aromatic nitrogens is 2. The molecule has 0 spiro atoms. The van der Waals surface area contributed by atoms with E-state index in [1.807, 2.05) is 18.5 Å². The summed E-state index contributed by atoms with van der Waals surface area (Å²) in [5.74, 6) is 0.409. The summed E-state index contributed by atoms with van der Waals surface area (Å²) in [6, 6.07) is 6.20. The largest absolute Gasteiger partial charge is 0.326 e. The van der Waals surface area contributed by atoms with Crippen molar-refractivity contribution < 1.29 is 13.2 Å². The van der Waals surface area contributed by atoms with Crippen LogP contribution in [0, 0.1) is 19.8 Å². The Kier molecular flexibility index (Phi) is 6.23. The number of benzene rings is 1. The molecule has 2 aromatic rings. The maximum absolute atomic E-state index is 12.2. The summed E-state index contributed by atoms with van der Waals surface area (Å²) in [6.45, 7) is 9.18. The van der Waals surface area contributed by atoms with Crippen molar-refractivity contribution in [3.05, 3.63) is 41.2 Å². The van der Waals surface area contributed by atoms with Gasteiger partial charge in [0.2, 0.25) is 5.91 Å². The summed E-state index contributed by atoms with van der Waals surface area (Å²) in [5.41, 5.74) is 3.79. The zero-order valence-corrected chi connectivity index (χ0v) is 16.9. The van der Waals surface area contributed by atoms with Crippen LogP contribution >= 0.6 is 0 Å². The number of hydrogen-bond donors (Lipinski definition) is 1. The Morgan fingerprint density at radius 3 is 2.35 bits per heavy atom. The Morgan fingerprint density at radius 2 is 1.81 bits per heavy atom. The second-order valence-electron chi connectivity index (χ2n) is 7.07. The molecule has 1 N–H and O–H groups in total. The van der Waals surface area contributed by atoms with Crippen LogP contribution in [0.25, 0.3) is 0 Å². The first kappa shape index (κ1) is 20.2. The van der Waals surface area contributed by atoms with Crippen LogP contribution < -0.4 is 5.32 Å². The highest BCUT2D eigenvalue weighted by atomic mass is 32.2. The van der Waals surface area contributed by atoms with Gasteiger partial charge in [-0.2, -0.15) is 5.10 Å². The molecular formula is C19H27N3O3S. The third-order valence-electron chi connectivity index (χ3n) is 4.24. The first-order chi connectivity index (χ1) is 12.1. The molecule has 0 unspecified atom stereocenters. The molecule has 0 atom stereocenters. The summed E-state index contributed by atoms with van der Waals surface area (Å²) in [4.78, 5) is 12.5. The molecule has 0 radical (unpaired) electrons. The minimum atomic E-state index is -3.23. The Morgan fingerprint density at radius 1 is 1.19 bits per heavy atom. The van der Waals surface area contributed by atoms with Gasteiger partial charge >= 0.3 is 0 Å². The van der Waals surface area contributed by atoms with Gasteiger partial charge in [-0.05, 0) is 56.0 Å². The minimum absolute atomic E-state index is 0.104. The zero-order valence-electron chi connectivity index (χ0n) is 16.0. The molecule has 0 aliphatic carbocycles. The molecule has 142 valence electrons. The second kappa shape index (κ2) is 8.03. The van der Waals surface area contributed by atoms with Crippen molar-refractivity contribution in [3.63, 3.8) is 0 Å². The van der Waals surface area contributed by atoms with Crippen molar-refractivity contribution in [1.82, 2.24) is 9.78 Å². The van der Waals surface area contributed by atoms with Gasteiger partial charge in [-0.1, -0.05) is 13.8 Å². The number of rotatable bonds is 7. The predicted molar refractivity (Wildman–Crippen MR) is 103 cm³/mol. The van der Waals surface area contributed by atoms with Crippen molar-refractivity contribution in [2.24, 2.45) is 5.92 Å². The first-order valence-corrected chi connectivity index (χ1v) is 10.6. The van der Waals surface area contributed by atoms with E-state index in [1.54, 1.807) is 12.1 Å². The molecule has 1 heterocycles. The number of carbonyl (C=O) groups excluding carboxylic acids is 1. The van der Waals surface area contributed by atoms with Crippen LogP contribution in [0.15, 0.2) is 29.2 Å². The quantitative estimate of drug-likeness (QED) is 0.804. The highest BCUT2D eigenvalue weighted by Crippen LogP contribution is 2.18. The summed E-state index contributed by atoms with van der Waals surface area (Å²) in [6.07, 6.45) is 2.14.